The lowest BCUT2D eigenvalue weighted by atomic mass is 10.2. The maximum absolute atomic E-state index is 12.3. The minimum atomic E-state index is -0.0926. The summed E-state index contributed by atoms with van der Waals surface area (Å²) in [5.41, 5.74) is 1.80. The van der Waals surface area contributed by atoms with Crippen LogP contribution in [0.5, 0.6) is 5.75 Å². The Morgan fingerprint density at radius 3 is 2.69 bits per heavy atom. The first-order valence-electron chi connectivity index (χ1n) is 8.95. The van der Waals surface area contributed by atoms with Crippen molar-refractivity contribution in [1.82, 2.24) is 14.8 Å². The molecule has 1 N–H and O–H groups in total. The number of benzene rings is 2. The minimum absolute atomic E-state index is 0.0926. The molecular formula is C20H20BrClN4O2S. The predicted octanol–water partition coefficient (Wildman–Crippen LogP) is 5.33. The molecule has 0 aliphatic rings. The van der Waals surface area contributed by atoms with Crippen LogP contribution in [-0.4, -0.2) is 26.4 Å². The molecular weight excluding hydrogens is 476 g/mol. The number of aromatic nitrogens is 3. The van der Waals surface area contributed by atoms with E-state index >= 15 is 0 Å². The zero-order valence-electron chi connectivity index (χ0n) is 16.0. The van der Waals surface area contributed by atoms with E-state index in [2.05, 4.69) is 31.4 Å². The van der Waals surface area contributed by atoms with Crippen molar-refractivity contribution in [2.45, 2.75) is 32.2 Å². The lowest BCUT2D eigenvalue weighted by Gasteiger charge is -2.10. The van der Waals surface area contributed by atoms with E-state index < -0.39 is 0 Å². The molecule has 0 aliphatic heterocycles. The van der Waals surface area contributed by atoms with Crippen LogP contribution in [0.2, 0.25) is 5.02 Å². The number of carbonyl (C=O) groups excluding carboxylic acids is 1. The highest BCUT2D eigenvalue weighted by atomic mass is 79.9. The molecule has 0 spiro atoms. The number of ether oxygens (including phenoxy) is 1. The molecule has 1 amide bonds. The van der Waals surface area contributed by atoms with Gasteiger partial charge in [0.25, 0.3) is 0 Å². The Morgan fingerprint density at radius 2 is 2.00 bits per heavy atom. The van der Waals surface area contributed by atoms with Gasteiger partial charge in [0, 0.05) is 21.7 Å². The summed E-state index contributed by atoms with van der Waals surface area (Å²) in [6.45, 7) is 4.92. The monoisotopic (exact) mass is 494 g/mol. The summed E-state index contributed by atoms with van der Waals surface area (Å²) in [7, 11) is 0. The first-order valence-corrected chi connectivity index (χ1v) is 11.1. The van der Waals surface area contributed by atoms with Gasteiger partial charge >= 0.3 is 0 Å². The summed E-state index contributed by atoms with van der Waals surface area (Å²) in [5, 5.41) is 12.7. The maximum Gasteiger partial charge on any atom is 0.234 e. The lowest BCUT2D eigenvalue weighted by molar-refractivity contribution is -0.113. The van der Waals surface area contributed by atoms with Gasteiger partial charge in [-0.05, 0) is 61.9 Å². The van der Waals surface area contributed by atoms with Crippen molar-refractivity contribution < 1.29 is 9.53 Å². The average molecular weight is 496 g/mol. The highest BCUT2D eigenvalue weighted by Crippen LogP contribution is 2.22. The van der Waals surface area contributed by atoms with Crippen molar-refractivity contribution >= 4 is 50.9 Å². The molecule has 0 unspecified atom stereocenters. The van der Waals surface area contributed by atoms with E-state index in [1.807, 2.05) is 36.6 Å². The largest absolute Gasteiger partial charge is 0.486 e. The molecule has 1 heterocycles. The van der Waals surface area contributed by atoms with Gasteiger partial charge in [0.05, 0.1) is 5.75 Å². The Labute approximate surface area is 187 Å². The van der Waals surface area contributed by atoms with Crippen LogP contribution in [0.3, 0.4) is 0 Å². The van der Waals surface area contributed by atoms with Gasteiger partial charge in [0.1, 0.15) is 12.4 Å². The van der Waals surface area contributed by atoms with Crippen LogP contribution in [0.4, 0.5) is 5.69 Å². The molecule has 1 aromatic heterocycles. The van der Waals surface area contributed by atoms with E-state index in [0.29, 0.717) is 28.3 Å². The van der Waals surface area contributed by atoms with Crippen molar-refractivity contribution in [3.05, 3.63) is 63.3 Å². The van der Waals surface area contributed by atoms with E-state index in [4.69, 9.17) is 16.3 Å². The van der Waals surface area contributed by atoms with Gasteiger partial charge in [-0.25, -0.2) is 0 Å². The third kappa shape index (κ3) is 5.98. The van der Waals surface area contributed by atoms with Gasteiger partial charge < -0.3 is 14.6 Å². The highest BCUT2D eigenvalue weighted by Gasteiger charge is 2.14. The highest BCUT2D eigenvalue weighted by molar-refractivity contribution is 9.10. The smallest absolute Gasteiger partial charge is 0.234 e. The van der Waals surface area contributed by atoms with Gasteiger partial charge in [-0.2, -0.15) is 0 Å². The molecule has 3 rings (SSSR count). The third-order valence-electron chi connectivity index (χ3n) is 4.09. The molecule has 6 nitrogen and oxygen atoms in total. The summed E-state index contributed by atoms with van der Waals surface area (Å²) in [5.74, 6) is 1.56. The number of hydrogen-bond donors (Lipinski definition) is 1. The van der Waals surface area contributed by atoms with Crippen LogP contribution in [0.1, 0.15) is 18.3 Å². The Kier molecular flexibility index (Phi) is 7.57. The molecule has 0 bridgehead atoms. The molecule has 2 aromatic carbocycles. The van der Waals surface area contributed by atoms with E-state index in [0.717, 1.165) is 15.7 Å². The van der Waals surface area contributed by atoms with Crippen molar-refractivity contribution in [3.8, 4) is 5.75 Å². The van der Waals surface area contributed by atoms with Crippen LogP contribution in [0.15, 0.2) is 52.1 Å². The first kappa shape index (κ1) is 21.7. The van der Waals surface area contributed by atoms with Crippen molar-refractivity contribution in [2.24, 2.45) is 0 Å². The molecule has 0 saturated carbocycles. The molecule has 29 heavy (non-hydrogen) atoms. The van der Waals surface area contributed by atoms with Gasteiger partial charge in [-0.3, -0.25) is 4.79 Å². The second-order valence-electron chi connectivity index (χ2n) is 6.18. The van der Waals surface area contributed by atoms with Crippen molar-refractivity contribution in [1.29, 1.82) is 0 Å². The van der Waals surface area contributed by atoms with Crippen molar-refractivity contribution in [2.75, 3.05) is 11.1 Å². The summed E-state index contributed by atoms with van der Waals surface area (Å²) in [4.78, 5) is 12.3. The number of thioether (sulfide) groups is 1. The number of halogens is 2. The predicted molar refractivity (Wildman–Crippen MR) is 120 cm³/mol. The van der Waals surface area contributed by atoms with Gasteiger partial charge in [0.15, 0.2) is 11.0 Å². The van der Waals surface area contributed by atoms with Crippen LogP contribution in [-0.2, 0) is 17.9 Å². The summed E-state index contributed by atoms with van der Waals surface area (Å²) < 4.78 is 8.68. The van der Waals surface area contributed by atoms with E-state index in [-0.39, 0.29) is 18.3 Å². The van der Waals surface area contributed by atoms with Gasteiger partial charge in [-0.15, -0.1) is 10.2 Å². The molecule has 3 aromatic rings. The molecule has 0 saturated heterocycles. The molecule has 0 aliphatic carbocycles. The number of amides is 1. The fourth-order valence-electron chi connectivity index (χ4n) is 2.61. The zero-order chi connectivity index (χ0) is 20.8. The molecule has 152 valence electrons. The summed E-state index contributed by atoms with van der Waals surface area (Å²) in [6.07, 6.45) is 0. The molecule has 0 atom stereocenters. The molecule has 9 heteroatoms. The third-order valence-corrected chi connectivity index (χ3v) is 5.80. The van der Waals surface area contributed by atoms with Crippen LogP contribution in [0.25, 0.3) is 0 Å². The number of rotatable bonds is 8. The van der Waals surface area contributed by atoms with E-state index in [9.17, 15) is 4.79 Å². The van der Waals surface area contributed by atoms with Crippen molar-refractivity contribution in [3.63, 3.8) is 0 Å². The Balaban J connectivity index is 1.58. The number of nitrogens with zero attached hydrogens (tertiary/aromatic N) is 3. The van der Waals surface area contributed by atoms with E-state index in [1.54, 1.807) is 24.3 Å². The average Bonchev–Trinajstić information content (AvgIpc) is 3.10. The van der Waals surface area contributed by atoms with Crippen LogP contribution in [0, 0.1) is 6.92 Å². The second kappa shape index (κ2) is 10.1. The minimum Gasteiger partial charge on any atom is -0.486 e. The lowest BCUT2D eigenvalue weighted by Crippen LogP contribution is -2.15. The fourth-order valence-corrected chi connectivity index (χ4v) is 4.04. The summed E-state index contributed by atoms with van der Waals surface area (Å²) in [6, 6.07) is 12.9. The standard InChI is InChI=1S/C20H20BrClN4O2S/c1-3-26-18(11-28-16-7-5-15(22)6-8-16)24-25-20(26)29-12-19(27)23-17-9-4-14(21)10-13(17)2/h4-10H,3,11-12H2,1-2H3,(H,23,27). The number of hydrogen-bond acceptors (Lipinski definition) is 5. The fraction of sp³-hybridized carbons (Fsp3) is 0.250. The Hall–Kier alpha value is -2.03. The molecule has 0 radical (unpaired) electrons. The SMILES string of the molecule is CCn1c(COc2ccc(Cl)cc2)nnc1SCC(=O)Nc1ccc(Br)cc1C. The number of carbonyl (C=O) groups is 1. The number of aryl methyl sites for hydroxylation is 1. The normalized spacial score (nSPS) is 10.8. The first-order chi connectivity index (χ1) is 14.0. The van der Waals surface area contributed by atoms with Crippen LogP contribution < -0.4 is 10.1 Å². The quantitative estimate of drug-likeness (QED) is 0.428. The van der Waals surface area contributed by atoms with Crippen LogP contribution >= 0.6 is 39.3 Å². The maximum atomic E-state index is 12.3. The Bertz CT molecular complexity index is 995. The van der Waals surface area contributed by atoms with E-state index in [1.165, 1.54) is 11.8 Å². The topological polar surface area (TPSA) is 69.0 Å². The summed E-state index contributed by atoms with van der Waals surface area (Å²) >= 11 is 10.7. The van der Waals surface area contributed by atoms with Gasteiger partial charge in [0.2, 0.25) is 5.91 Å². The van der Waals surface area contributed by atoms with Gasteiger partial charge in [-0.1, -0.05) is 39.3 Å². The molecule has 0 fully saturated rings. The second-order valence-corrected chi connectivity index (χ2v) is 8.48. The Morgan fingerprint density at radius 1 is 1.24 bits per heavy atom. The zero-order valence-corrected chi connectivity index (χ0v) is 19.1. The number of nitrogens with one attached hydrogen (secondary N) is 1. The number of anilines is 1.